The van der Waals surface area contributed by atoms with Crippen molar-refractivity contribution in [3.8, 4) is 0 Å². The van der Waals surface area contributed by atoms with E-state index in [9.17, 15) is 10.1 Å². The first-order valence-electron chi connectivity index (χ1n) is 6.83. The van der Waals surface area contributed by atoms with Crippen molar-refractivity contribution < 1.29 is 4.92 Å². The molecule has 0 spiro atoms. The summed E-state index contributed by atoms with van der Waals surface area (Å²) < 4.78 is 0. The largest absolute Gasteiger partial charge is 0.378 e. The molecule has 9 nitrogen and oxygen atoms in total. The van der Waals surface area contributed by atoms with E-state index in [1.165, 1.54) is 0 Å². The van der Waals surface area contributed by atoms with Gasteiger partial charge in [0, 0.05) is 32.4 Å². The molecule has 1 fully saturated rings. The summed E-state index contributed by atoms with van der Waals surface area (Å²) in [5, 5.41) is 10.7. The number of hydrogen-bond donors (Lipinski definition) is 1. The third-order valence-corrected chi connectivity index (χ3v) is 3.52. The molecule has 2 N–H and O–H groups in total. The standard InChI is InChI=1S/C13H15N7O2/c14-12-10(20(21)22)9-16-13(17-12)19-7-5-18(6-8-19)11-3-1-2-4-15-11/h1-4,9H,5-8H2,(H2,14,16,17). The third-order valence-electron chi connectivity index (χ3n) is 3.52. The maximum absolute atomic E-state index is 10.7. The predicted octanol–water partition coefficient (Wildman–Crippen LogP) is 0.689. The van der Waals surface area contributed by atoms with E-state index in [0.717, 1.165) is 25.1 Å². The molecule has 0 saturated carbocycles. The second kappa shape index (κ2) is 5.80. The SMILES string of the molecule is Nc1nc(N2CCN(c3ccccn3)CC2)ncc1[N+](=O)[O-]. The van der Waals surface area contributed by atoms with Gasteiger partial charge in [0.15, 0.2) is 0 Å². The Balaban J connectivity index is 1.69. The lowest BCUT2D eigenvalue weighted by atomic mass is 10.3. The van der Waals surface area contributed by atoms with Gasteiger partial charge in [-0.05, 0) is 12.1 Å². The van der Waals surface area contributed by atoms with Crippen LogP contribution in [-0.4, -0.2) is 46.1 Å². The molecule has 1 aliphatic rings. The summed E-state index contributed by atoms with van der Waals surface area (Å²) in [5.41, 5.74) is 5.34. The zero-order valence-electron chi connectivity index (χ0n) is 11.8. The van der Waals surface area contributed by atoms with Gasteiger partial charge in [-0.1, -0.05) is 6.07 Å². The van der Waals surface area contributed by atoms with Gasteiger partial charge in [-0.2, -0.15) is 4.98 Å². The highest BCUT2D eigenvalue weighted by Gasteiger charge is 2.22. The third kappa shape index (κ3) is 2.73. The van der Waals surface area contributed by atoms with Gasteiger partial charge in [0.2, 0.25) is 11.8 Å². The number of pyridine rings is 1. The molecule has 22 heavy (non-hydrogen) atoms. The highest BCUT2D eigenvalue weighted by Crippen LogP contribution is 2.21. The van der Waals surface area contributed by atoms with E-state index in [1.54, 1.807) is 6.20 Å². The molecule has 0 bridgehead atoms. The molecule has 0 aliphatic carbocycles. The van der Waals surface area contributed by atoms with Crippen LogP contribution in [0.4, 0.5) is 23.3 Å². The van der Waals surface area contributed by atoms with E-state index < -0.39 is 4.92 Å². The molecule has 2 aromatic heterocycles. The van der Waals surface area contributed by atoms with Crippen LogP contribution in [0.15, 0.2) is 30.6 Å². The minimum Gasteiger partial charge on any atom is -0.378 e. The Hall–Kier alpha value is -2.97. The van der Waals surface area contributed by atoms with Gasteiger partial charge in [-0.3, -0.25) is 10.1 Å². The highest BCUT2D eigenvalue weighted by molar-refractivity contribution is 5.54. The van der Waals surface area contributed by atoms with Crippen LogP contribution in [0.25, 0.3) is 0 Å². The van der Waals surface area contributed by atoms with Crippen molar-refractivity contribution in [3.63, 3.8) is 0 Å². The maximum Gasteiger partial charge on any atom is 0.329 e. The topological polar surface area (TPSA) is 114 Å². The van der Waals surface area contributed by atoms with Crippen LogP contribution in [-0.2, 0) is 0 Å². The predicted molar refractivity (Wildman–Crippen MR) is 81.8 cm³/mol. The molecular weight excluding hydrogens is 286 g/mol. The molecule has 3 heterocycles. The quantitative estimate of drug-likeness (QED) is 0.650. The molecule has 0 unspecified atom stereocenters. The van der Waals surface area contributed by atoms with E-state index in [0.29, 0.717) is 19.0 Å². The fourth-order valence-corrected chi connectivity index (χ4v) is 2.35. The van der Waals surface area contributed by atoms with Crippen LogP contribution in [0.5, 0.6) is 0 Å². The first kappa shape index (κ1) is 14.0. The zero-order valence-corrected chi connectivity index (χ0v) is 11.8. The smallest absolute Gasteiger partial charge is 0.329 e. The van der Waals surface area contributed by atoms with Gasteiger partial charge >= 0.3 is 5.69 Å². The molecule has 1 aliphatic heterocycles. The summed E-state index contributed by atoms with van der Waals surface area (Å²) in [6.45, 7) is 2.95. The summed E-state index contributed by atoms with van der Waals surface area (Å²) in [7, 11) is 0. The van der Waals surface area contributed by atoms with E-state index in [2.05, 4.69) is 19.9 Å². The van der Waals surface area contributed by atoms with E-state index in [1.807, 2.05) is 23.1 Å². The second-order valence-corrected chi connectivity index (χ2v) is 4.86. The van der Waals surface area contributed by atoms with Crippen molar-refractivity contribution in [2.45, 2.75) is 0 Å². The average Bonchev–Trinajstić information content (AvgIpc) is 2.55. The zero-order chi connectivity index (χ0) is 15.5. The molecule has 0 atom stereocenters. The Morgan fingerprint density at radius 3 is 2.45 bits per heavy atom. The number of piperazine rings is 1. The molecular formula is C13H15N7O2. The number of nitrogens with zero attached hydrogens (tertiary/aromatic N) is 6. The number of nitrogen functional groups attached to an aromatic ring is 1. The summed E-state index contributed by atoms with van der Waals surface area (Å²) in [6, 6.07) is 5.80. The normalized spacial score (nSPS) is 14.9. The number of anilines is 3. The first-order valence-corrected chi connectivity index (χ1v) is 6.83. The van der Waals surface area contributed by atoms with Gasteiger partial charge in [-0.15, -0.1) is 0 Å². The van der Waals surface area contributed by atoms with E-state index in [-0.39, 0.29) is 11.5 Å². The molecule has 2 aromatic rings. The minimum absolute atomic E-state index is 0.109. The van der Waals surface area contributed by atoms with Crippen LogP contribution < -0.4 is 15.5 Å². The Labute approximate surface area is 126 Å². The minimum atomic E-state index is -0.585. The van der Waals surface area contributed by atoms with Gasteiger partial charge < -0.3 is 15.5 Å². The Morgan fingerprint density at radius 1 is 1.14 bits per heavy atom. The molecule has 114 valence electrons. The molecule has 1 saturated heterocycles. The van der Waals surface area contributed by atoms with Crippen LogP contribution in [0.1, 0.15) is 0 Å². The van der Waals surface area contributed by atoms with Crippen molar-refractivity contribution in [2.75, 3.05) is 41.7 Å². The number of hydrogen-bond acceptors (Lipinski definition) is 8. The average molecular weight is 301 g/mol. The number of nitro groups is 1. The van der Waals surface area contributed by atoms with Gasteiger partial charge in [0.1, 0.15) is 12.0 Å². The van der Waals surface area contributed by atoms with Crippen LogP contribution in [0.2, 0.25) is 0 Å². The van der Waals surface area contributed by atoms with Crippen molar-refractivity contribution in [1.82, 2.24) is 15.0 Å². The van der Waals surface area contributed by atoms with Gasteiger partial charge in [0.05, 0.1) is 4.92 Å². The van der Waals surface area contributed by atoms with Gasteiger partial charge in [-0.25, -0.2) is 9.97 Å². The molecule has 0 amide bonds. The lowest BCUT2D eigenvalue weighted by Crippen LogP contribution is -2.47. The van der Waals surface area contributed by atoms with Crippen LogP contribution in [0.3, 0.4) is 0 Å². The number of nitrogens with two attached hydrogens (primary N) is 1. The van der Waals surface area contributed by atoms with Crippen LogP contribution in [0, 0.1) is 10.1 Å². The first-order chi connectivity index (χ1) is 10.6. The lowest BCUT2D eigenvalue weighted by molar-refractivity contribution is -0.384. The molecule has 9 heteroatoms. The maximum atomic E-state index is 10.7. The summed E-state index contributed by atoms with van der Waals surface area (Å²) in [6.07, 6.45) is 2.92. The van der Waals surface area contributed by atoms with Crippen molar-refractivity contribution in [3.05, 3.63) is 40.7 Å². The van der Waals surface area contributed by atoms with E-state index in [4.69, 9.17) is 5.73 Å². The Bertz CT molecular complexity index is 671. The molecule has 0 aromatic carbocycles. The highest BCUT2D eigenvalue weighted by atomic mass is 16.6. The summed E-state index contributed by atoms with van der Waals surface area (Å²) >= 11 is 0. The second-order valence-electron chi connectivity index (χ2n) is 4.86. The molecule has 0 radical (unpaired) electrons. The van der Waals surface area contributed by atoms with Crippen LogP contribution >= 0.6 is 0 Å². The van der Waals surface area contributed by atoms with Gasteiger partial charge in [0.25, 0.3) is 0 Å². The van der Waals surface area contributed by atoms with Crippen molar-refractivity contribution in [1.29, 1.82) is 0 Å². The summed E-state index contributed by atoms with van der Waals surface area (Å²) in [4.78, 5) is 26.7. The van der Waals surface area contributed by atoms with Crippen molar-refractivity contribution in [2.24, 2.45) is 0 Å². The fourth-order valence-electron chi connectivity index (χ4n) is 2.35. The number of aromatic nitrogens is 3. The molecule has 3 rings (SSSR count). The Morgan fingerprint density at radius 2 is 1.86 bits per heavy atom. The lowest BCUT2D eigenvalue weighted by Gasteiger charge is -2.35. The van der Waals surface area contributed by atoms with Crippen molar-refractivity contribution >= 4 is 23.3 Å². The van der Waals surface area contributed by atoms with E-state index >= 15 is 0 Å². The number of rotatable bonds is 3. The fraction of sp³-hybridized carbons (Fsp3) is 0.308. The summed E-state index contributed by atoms with van der Waals surface area (Å²) in [5.74, 6) is 1.25. The monoisotopic (exact) mass is 301 g/mol. The Kier molecular flexibility index (Phi) is 3.69.